The van der Waals surface area contributed by atoms with E-state index >= 15 is 0 Å². The first-order valence-corrected chi connectivity index (χ1v) is 4.97. The van der Waals surface area contributed by atoms with Gasteiger partial charge in [-0.1, -0.05) is 0 Å². The number of hydrogen-bond acceptors (Lipinski definition) is 4. The van der Waals surface area contributed by atoms with Crippen molar-refractivity contribution in [1.29, 1.82) is 0 Å². The SMILES string of the molecule is OCCOCCOCCOCCC(F)(F)F. The van der Waals surface area contributed by atoms with Crippen LogP contribution in [0.4, 0.5) is 13.2 Å². The van der Waals surface area contributed by atoms with Gasteiger partial charge in [-0.2, -0.15) is 13.2 Å². The number of hydrogen-bond donors (Lipinski definition) is 1. The summed E-state index contributed by atoms with van der Waals surface area (Å²) in [5.41, 5.74) is 0. The van der Waals surface area contributed by atoms with Crippen LogP contribution in [-0.4, -0.2) is 57.5 Å². The summed E-state index contributed by atoms with van der Waals surface area (Å²) in [5, 5.41) is 8.35. The van der Waals surface area contributed by atoms with Crippen molar-refractivity contribution in [3.8, 4) is 0 Å². The number of ether oxygens (including phenoxy) is 3. The monoisotopic (exact) mass is 246 g/mol. The van der Waals surface area contributed by atoms with E-state index in [1.165, 1.54) is 0 Å². The molecule has 0 fully saturated rings. The highest BCUT2D eigenvalue weighted by Crippen LogP contribution is 2.18. The summed E-state index contributed by atoms with van der Waals surface area (Å²) in [4.78, 5) is 0. The number of alkyl halides is 3. The minimum atomic E-state index is -4.17. The average molecular weight is 246 g/mol. The maximum absolute atomic E-state index is 11.7. The fourth-order valence-corrected chi connectivity index (χ4v) is 0.794. The lowest BCUT2D eigenvalue weighted by Crippen LogP contribution is -2.14. The van der Waals surface area contributed by atoms with Crippen molar-refractivity contribution in [2.75, 3.05) is 46.2 Å². The zero-order valence-corrected chi connectivity index (χ0v) is 8.96. The zero-order chi connectivity index (χ0) is 12.3. The summed E-state index contributed by atoms with van der Waals surface area (Å²) >= 11 is 0. The van der Waals surface area contributed by atoms with Crippen LogP contribution in [0.5, 0.6) is 0 Å². The van der Waals surface area contributed by atoms with E-state index in [0.717, 1.165) is 0 Å². The molecule has 16 heavy (non-hydrogen) atoms. The summed E-state index contributed by atoms with van der Waals surface area (Å²) in [6.45, 7) is 0.933. The summed E-state index contributed by atoms with van der Waals surface area (Å²) in [5.74, 6) is 0. The number of aliphatic hydroxyl groups is 1. The highest BCUT2D eigenvalue weighted by molar-refractivity contribution is 4.47. The molecular weight excluding hydrogens is 229 g/mol. The molecule has 0 bridgehead atoms. The summed E-state index contributed by atoms with van der Waals surface area (Å²) in [6.07, 6.45) is -5.11. The van der Waals surface area contributed by atoms with E-state index in [2.05, 4.69) is 0 Å². The van der Waals surface area contributed by atoms with Crippen LogP contribution in [0.3, 0.4) is 0 Å². The third kappa shape index (κ3) is 13.6. The van der Waals surface area contributed by atoms with Gasteiger partial charge < -0.3 is 19.3 Å². The third-order valence-electron chi connectivity index (χ3n) is 1.51. The lowest BCUT2D eigenvalue weighted by Gasteiger charge is -2.07. The van der Waals surface area contributed by atoms with Gasteiger partial charge in [0.05, 0.1) is 52.7 Å². The molecule has 0 atom stereocenters. The van der Waals surface area contributed by atoms with Crippen LogP contribution in [0.25, 0.3) is 0 Å². The first-order valence-electron chi connectivity index (χ1n) is 4.97. The molecule has 1 N–H and O–H groups in total. The molecule has 0 unspecified atom stereocenters. The van der Waals surface area contributed by atoms with E-state index < -0.39 is 12.6 Å². The summed E-state index contributed by atoms with van der Waals surface area (Å²) in [6, 6.07) is 0. The van der Waals surface area contributed by atoms with Gasteiger partial charge in [0.15, 0.2) is 0 Å². The van der Waals surface area contributed by atoms with Gasteiger partial charge >= 0.3 is 6.18 Å². The molecule has 0 amide bonds. The van der Waals surface area contributed by atoms with Crippen LogP contribution in [0, 0.1) is 0 Å². The van der Waals surface area contributed by atoms with E-state index in [1.54, 1.807) is 0 Å². The minimum absolute atomic E-state index is 0.0411. The predicted molar refractivity (Wildman–Crippen MR) is 50.2 cm³/mol. The van der Waals surface area contributed by atoms with Gasteiger partial charge in [0.1, 0.15) is 0 Å². The second-order valence-corrected chi connectivity index (χ2v) is 2.93. The van der Waals surface area contributed by atoms with Crippen molar-refractivity contribution >= 4 is 0 Å². The first-order chi connectivity index (χ1) is 7.56. The molecule has 0 aliphatic rings. The topological polar surface area (TPSA) is 47.9 Å². The second-order valence-electron chi connectivity index (χ2n) is 2.93. The summed E-state index contributed by atoms with van der Waals surface area (Å²) < 4.78 is 49.6. The molecule has 0 aliphatic carbocycles. The van der Waals surface area contributed by atoms with Crippen LogP contribution >= 0.6 is 0 Å². The smallest absolute Gasteiger partial charge is 0.391 e. The zero-order valence-electron chi connectivity index (χ0n) is 8.96. The maximum Gasteiger partial charge on any atom is 0.391 e. The van der Waals surface area contributed by atoms with Gasteiger partial charge in [0.2, 0.25) is 0 Å². The van der Waals surface area contributed by atoms with E-state index in [9.17, 15) is 13.2 Å². The van der Waals surface area contributed by atoms with Crippen LogP contribution in [0.15, 0.2) is 0 Å². The van der Waals surface area contributed by atoms with Crippen molar-refractivity contribution < 1.29 is 32.5 Å². The van der Waals surface area contributed by atoms with Crippen LogP contribution in [0.2, 0.25) is 0 Å². The molecule has 0 radical (unpaired) electrons. The Kier molecular flexibility index (Phi) is 9.60. The molecule has 0 aliphatic heterocycles. The Bertz CT molecular complexity index is 152. The molecular formula is C9H17F3O4. The number of rotatable bonds is 10. The van der Waals surface area contributed by atoms with E-state index in [-0.39, 0.29) is 33.0 Å². The third-order valence-corrected chi connectivity index (χ3v) is 1.51. The van der Waals surface area contributed by atoms with Crippen LogP contribution in [0.1, 0.15) is 6.42 Å². The molecule has 4 nitrogen and oxygen atoms in total. The van der Waals surface area contributed by atoms with Crippen LogP contribution < -0.4 is 0 Å². The number of halogens is 3. The van der Waals surface area contributed by atoms with Gasteiger partial charge in [0, 0.05) is 0 Å². The van der Waals surface area contributed by atoms with E-state index in [4.69, 9.17) is 19.3 Å². The Balaban J connectivity index is 2.99. The predicted octanol–water partition coefficient (Wildman–Crippen LogP) is 0.981. The quantitative estimate of drug-likeness (QED) is 0.584. The Labute approximate surface area is 92.3 Å². The Hall–Kier alpha value is -0.370. The van der Waals surface area contributed by atoms with E-state index in [0.29, 0.717) is 13.2 Å². The fourth-order valence-electron chi connectivity index (χ4n) is 0.794. The van der Waals surface area contributed by atoms with Crippen molar-refractivity contribution in [2.24, 2.45) is 0 Å². The van der Waals surface area contributed by atoms with Crippen molar-refractivity contribution in [3.05, 3.63) is 0 Å². The summed E-state index contributed by atoms with van der Waals surface area (Å²) in [7, 11) is 0. The molecule has 98 valence electrons. The molecule has 0 aromatic rings. The van der Waals surface area contributed by atoms with Gasteiger partial charge in [0.25, 0.3) is 0 Å². The number of aliphatic hydroxyl groups excluding tert-OH is 1. The van der Waals surface area contributed by atoms with Crippen molar-refractivity contribution in [3.63, 3.8) is 0 Å². The molecule has 0 heterocycles. The van der Waals surface area contributed by atoms with E-state index in [1.807, 2.05) is 0 Å². The molecule has 0 saturated heterocycles. The molecule has 0 saturated carbocycles. The van der Waals surface area contributed by atoms with Gasteiger partial charge in [-0.25, -0.2) is 0 Å². The molecule has 0 rings (SSSR count). The largest absolute Gasteiger partial charge is 0.394 e. The molecule has 0 aromatic heterocycles. The second kappa shape index (κ2) is 9.83. The normalized spacial score (nSPS) is 12.0. The molecule has 0 spiro atoms. The highest BCUT2D eigenvalue weighted by Gasteiger charge is 2.26. The maximum atomic E-state index is 11.7. The average Bonchev–Trinajstić information content (AvgIpc) is 2.19. The van der Waals surface area contributed by atoms with Gasteiger partial charge in [-0.3, -0.25) is 0 Å². The fraction of sp³-hybridized carbons (Fsp3) is 1.00. The lowest BCUT2D eigenvalue weighted by atomic mass is 10.4. The Morgan fingerprint density at radius 3 is 1.62 bits per heavy atom. The molecule has 0 aromatic carbocycles. The Morgan fingerprint density at radius 2 is 1.19 bits per heavy atom. The molecule has 7 heteroatoms. The van der Waals surface area contributed by atoms with Crippen molar-refractivity contribution in [1.82, 2.24) is 0 Å². The minimum Gasteiger partial charge on any atom is -0.394 e. The highest BCUT2D eigenvalue weighted by atomic mass is 19.4. The van der Waals surface area contributed by atoms with Crippen molar-refractivity contribution in [2.45, 2.75) is 12.6 Å². The lowest BCUT2D eigenvalue weighted by molar-refractivity contribution is -0.146. The van der Waals surface area contributed by atoms with Crippen LogP contribution in [-0.2, 0) is 14.2 Å². The van der Waals surface area contributed by atoms with Gasteiger partial charge in [-0.05, 0) is 0 Å². The van der Waals surface area contributed by atoms with Gasteiger partial charge in [-0.15, -0.1) is 0 Å². The Morgan fingerprint density at radius 1 is 0.750 bits per heavy atom. The standard InChI is InChI=1S/C9H17F3O4/c10-9(11,12)1-3-14-5-7-16-8-6-15-4-2-13/h13H,1-8H2. The first kappa shape index (κ1) is 15.6.